The van der Waals surface area contributed by atoms with Crippen LogP contribution in [-0.4, -0.2) is 17.0 Å². The molecule has 1 aromatic heterocycles. The molecule has 4 aromatic carbocycles. The van der Waals surface area contributed by atoms with Crippen molar-refractivity contribution in [2.45, 2.75) is 25.7 Å². The first kappa shape index (κ1) is 23.3. The Morgan fingerprint density at radius 3 is 2.59 bits per heavy atom. The zero-order valence-corrected chi connectivity index (χ0v) is 19.8. The van der Waals surface area contributed by atoms with Crippen molar-refractivity contribution in [3.8, 4) is 5.75 Å². The van der Waals surface area contributed by atoms with Gasteiger partial charge in [0.1, 0.15) is 12.4 Å². The maximum atomic E-state index is 13.9. The fourth-order valence-corrected chi connectivity index (χ4v) is 5.13. The normalized spacial score (nSPS) is 13.6. The molecule has 0 unspecified atom stereocenters. The summed E-state index contributed by atoms with van der Waals surface area (Å²) in [7, 11) is 0. The van der Waals surface area contributed by atoms with Gasteiger partial charge < -0.3 is 10.1 Å². The highest BCUT2D eigenvalue weighted by atomic mass is 19.4. The lowest BCUT2D eigenvalue weighted by Gasteiger charge is -2.17. The Balaban J connectivity index is 1.38. The molecule has 2 heterocycles. The van der Waals surface area contributed by atoms with Crippen LogP contribution in [0.25, 0.3) is 21.7 Å². The molecule has 0 aliphatic carbocycles. The van der Waals surface area contributed by atoms with Gasteiger partial charge >= 0.3 is 6.18 Å². The minimum atomic E-state index is -4.40. The van der Waals surface area contributed by atoms with E-state index < -0.39 is 11.7 Å². The lowest BCUT2D eigenvalue weighted by molar-refractivity contribution is -0.137. The zero-order chi connectivity index (χ0) is 25.6. The molecule has 5 aromatic rings. The van der Waals surface area contributed by atoms with E-state index in [-0.39, 0.29) is 12.5 Å². The second kappa shape index (κ2) is 9.09. The van der Waals surface area contributed by atoms with Gasteiger partial charge in [-0.3, -0.25) is 9.36 Å². The number of carbonyl (C=O) groups is 1. The lowest BCUT2D eigenvalue weighted by atomic mass is 10.0. The van der Waals surface area contributed by atoms with E-state index in [2.05, 4.69) is 5.32 Å². The average Bonchev–Trinajstić information content (AvgIpc) is 3.24. The Morgan fingerprint density at radius 1 is 0.919 bits per heavy atom. The average molecular weight is 501 g/mol. The maximum Gasteiger partial charge on any atom is 0.416 e. The van der Waals surface area contributed by atoms with E-state index in [0.29, 0.717) is 23.4 Å². The third-order valence-corrected chi connectivity index (χ3v) is 6.88. The van der Waals surface area contributed by atoms with Gasteiger partial charge in [-0.15, -0.1) is 0 Å². The molecular formula is C30H23F3N2O2. The van der Waals surface area contributed by atoms with Crippen LogP contribution in [0.3, 0.4) is 0 Å². The van der Waals surface area contributed by atoms with Gasteiger partial charge in [0.2, 0.25) is 0 Å². The van der Waals surface area contributed by atoms with Gasteiger partial charge in [-0.05, 0) is 71.3 Å². The molecule has 1 N–H and O–H groups in total. The highest BCUT2D eigenvalue weighted by Gasteiger charge is 2.30. The molecule has 6 rings (SSSR count). The van der Waals surface area contributed by atoms with E-state index >= 15 is 0 Å². The Kier molecular flexibility index (Phi) is 5.72. The highest BCUT2D eigenvalue weighted by Crippen LogP contribution is 2.34. The Hall–Kier alpha value is -4.10. The number of rotatable bonds is 4. The number of fused-ring (bicyclic) bond motifs is 4. The van der Waals surface area contributed by atoms with Crippen molar-refractivity contribution in [1.82, 2.24) is 9.88 Å². The van der Waals surface area contributed by atoms with Gasteiger partial charge in [0.25, 0.3) is 5.91 Å². The minimum absolute atomic E-state index is 0.00875. The van der Waals surface area contributed by atoms with Crippen molar-refractivity contribution in [2.24, 2.45) is 0 Å². The number of nitrogens with zero attached hydrogens (tertiary/aromatic N) is 1. The predicted octanol–water partition coefficient (Wildman–Crippen LogP) is 6.73. The third kappa shape index (κ3) is 4.25. The molecule has 0 spiro atoms. The number of hydrogen-bond acceptors (Lipinski definition) is 3. The molecule has 186 valence electrons. The summed E-state index contributed by atoms with van der Waals surface area (Å²) < 4.78 is 46.9. The molecule has 37 heavy (non-hydrogen) atoms. The zero-order valence-electron chi connectivity index (χ0n) is 19.8. The SMILES string of the molecule is O=C(c1cccc2ccccc12)n1c2c(c3cc(OCc4cccc(C(F)(F)F)c4)ccc31)CCNC2. The first-order chi connectivity index (χ1) is 17.9. The smallest absolute Gasteiger partial charge is 0.416 e. The van der Waals surface area contributed by atoms with Crippen molar-refractivity contribution in [2.75, 3.05) is 6.54 Å². The number of nitrogens with one attached hydrogen (secondary N) is 1. The highest BCUT2D eigenvalue weighted by molar-refractivity contribution is 6.11. The van der Waals surface area contributed by atoms with E-state index in [0.717, 1.165) is 58.0 Å². The van der Waals surface area contributed by atoms with Gasteiger partial charge in [0.05, 0.1) is 11.1 Å². The summed E-state index contributed by atoms with van der Waals surface area (Å²) in [5.41, 5.74) is 3.17. The number of aromatic nitrogens is 1. The van der Waals surface area contributed by atoms with Crippen LogP contribution in [0.1, 0.15) is 32.7 Å². The number of alkyl halides is 3. The molecule has 0 radical (unpaired) electrons. The quantitative estimate of drug-likeness (QED) is 0.298. The molecule has 0 saturated heterocycles. The van der Waals surface area contributed by atoms with E-state index in [4.69, 9.17) is 4.74 Å². The molecule has 1 aliphatic rings. The van der Waals surface area contributed by atoms with Crippen LogP contribution in [0.4, 0.5) is 13.2 Å². The Labute approximate surface area is 211 Å². The molecular weight excluding hydrogens is 477 g/mol. The van der Waals surface area contributed by atoms with Crippen LogP contribution in [0, 0.1) is 0 Å². The molecule has 4 nitrogen and oxygen atoms in total. The van der Waals surface area contributed by atoms with Crippen LogP contribution in [0.15, 0.2) is 84.9 Å². The second-order valence-electron chi connectivity index (χ2n) is 9.19. The maximum absolute atomic E-state index is 13.9. The second-order valence-corrected chi connectivity index (χ2v) is 9.19. The van der Waals surface area contributed by atoms with Crippen molar-refractivity contribution >= 4 is 27.6 Å². The standard InChI is InChI=1S/C30H23F3N2O2/c31-30(32,33)21-8-3-5-19(15-21)18-37-22-11-12-27-26(16-22)24-13-14-34-17-28(24)35(27)29(36)25-10-4-7-20-6-1-2-9-23(20)25/h1-12,15-16,34H,13-14,17-18H2. The molecule has 0 bridgehead atoms. The Morgan fingerprint density at radius 2 is 1.73 bits per heavy atom. The lowest BCUT2D eigenvalue weighted by Crippen LogP contribution is -2.27. The molecule has 0 fully saturated rings. The van der Waals surface area contributed by atoms with Crippen LogP contribution in [0.2, 0.25) is 0 Å². The summed E-state index contributed by atoms with van der Waals surface area (Å²) in [4.78, 5) is 13.9. The number of halogens is 3. The van der Waals surface area contributed by atoms with Crippen molar-refractivity contribution in [3.63, 3.8) is 0 Å². The van der Waals surface area contributed by atoms with Crippen LogP contribution >= 0.6 is 0 Å². The summed E-state index contributed by atoms with van der Waals surface area (Å²) in [5.74, 6) is 0.449. The molecule has 0 saturated carbocycles. The summed E-state index contributed by atoms with van der Waals surface area (Å²) in [5, 5.41) is 6.19. The largest absolute Gasteiger partial charge is 0.489 e. The van der Waals surface area contributed by atoms with Crippen molar-refractivity contribution < 1.29 is 22.7 Å². The predicted molar refractivity (Wildman–Crippen MR) is 137 cm³/mol. The minimum Gasteiger partial charge on any atom is -0.489 e. The van der Waals surface area contributed by atoms with Gasteiger partial charge in [-0.2, -0.15) is 13.2 Å². The molecule has 7 heteroatoms. The van der Waals surface area contributed by atoms with E-state index in [1.807, 2.05) is 54.6 Å². The van der Waals surface area contributed by atoms with Crippen LogP contribution in [-0.2, 0) is 25.7 Å². The summed E-state index contributed by atoms with van der Waals surface area (Å²) in [6.45, 7) is 1.37. The van der Waals surface area contributed by atoms with Gasteiger partial charge in [0.15, 0.2) is 0 Å². The fraction of sp³-hybridized carbons (Fsp3) is 0.167. The number of hydrogen-bond donors (Lipinski definition) is 1. The van der Waals surface area contributed by atoms with Gasteiger partial charge in [-0.25, -0.2) is 0 Å². The monoisotopic (exact) mass is 500 g/mol. The fourth-order valence-electron chi connectivity index (χ4n) is 5.13. The molecule has 0 atom stereocenters. The summed E-state index contributed by atoms with van der Waals surface area (Å²) in [6, 6.07) is 24.2. The van der Waals surface area contributed by atoms with Gasteiger partial charge in [0, 0.05) is 23.2 Å². The van der Waals surface area contributed by atoms with Crippen molar-refractivity contribution in [3.05, 3.63) is 113 Å². The van der Waals surface area contributed by atoms with Crippen molar-refractivity contribution in [1.29, 1.82) is 0 Å². The van der Waals surface area contributed by atoms with E-state index in [1.54, 1.807) is 16.7 Å². The Bertz CT molecular complexity index is 1650. The number of benzene rings is 4. The van der Waals surface area contributed by atoms with Crippen LogP contribution in [0.5, 0.6) is 5.75 Å². The topological polar surface area (TPSA) is 43.3 Å². The van der Waals surface area contributed by atoms with E-state index in [1.165, 1.54) is 6.07 Å². The first-order valence-electron chi connectivity index (χ1n) is 12.1. The number of carbonyl (C=O) groups excluding carboxylic acids is 1. The van der Waals surface area contributed by atoms with E-state index in [9.17, 15) is 18.0 Å². The summed E-state index contributed by atoms with van der Waals surface area (Å²) in [6.07, 6.45) is -3.64. The van der Waals surface area contributed by atoms with Gasteiger partial charge in [-0.1, -0.05) is 48.5 Å². The number of ether oxygens (including phenoxy) is 1. The third-order valence-electron chi connectivity index (χ3n) is 6.88. The van der Waals surface area contributed by atoms with Crippen LogP contribution < -0.4 is 10.1 Å². The first-order valence-corrected chi connectivity index (χ1v) is 12.1. The molecule has 0 amide bonds. The summed E-state index contributed by atoms with van der Waals surface area (Å²) >= 11 is 0. The molecule has 1 aliphatic heterocycles.